The molecule has 5 heteroatoms. The fourth-order valence-corrected chi connectivity index (χ4v) is 3.70. The van der Waals surface area contributed by atoms with Gasteiger partial charge in [-0.25, -0.2) is 9.59 Å². The molecule has 0 saturated carbocycles. The van der Waals surface area contributed by atoms with E-state index in [0.717, 1.165) is 0 Å². The second kappa shape index (κ2) is 10.4. The van der Waals surface area contributed by atoms with Crippen molar-refractivity contribution in [3.63, 3.8) is 0 Å². The van der Waals surface area contributed by atoms with Crippen molar-refractivity contribution in [2.45, 2.75) is 24.7 Å². The number of ether oxygens (including phenoxy) is 1. The van der Waals surface area contributed by atoms with Crippen molar-refractivity contribution in [3.8, 4) is 0 Å². The first-order valence-corrected chi connectivity index (χ1v) is 10.3. The maximum atomic E-state index is 13.7. The summed E-state index contributed by atoms with van der Waals surface area (Å²) in [6.45, 7) is 3.45. The first-order valence-electron chi connectivity index (χ1n) is 10.3. The number of carboxylic acids is 1. The highest BCUT2D eigenvalue weighted by Crippen LogP contribution is 2.40. The molecule has 5 nitrogen and oxygen atoms in total. The van der Waals surface area contributed by atoms with Crippen LogP contribution in [0.15, 0.2) is 103 Å². The average molecular weight is 428 g/mol. The summed E-state index contributed by atoms with van der Waals surface area (Å²) in [5.74, 6) is -2.52. The Kier molecular flexibility index (Phi) is 7.34. The van der Waals surface area contributed by atoms with Crippen LogP contribution >= 0.6 is 0 Å². The van der Waals surface area contributed by atoms with Crippen LogP contribution in [0.4, 0.5) is 0 Å². The van der Waals surface area contributed by atoms with E-state index in [9.17, 15) is 14.4 Å². The Morgan fingerprint density at radius 2 is 1.12 bits per heavy atom. The molecule has 0 aliphatic carbocycles. The molecule has 0 bridgehead atoms. The highest BCUT2D eigenvalue weighted by Gasteiger charge is 2.46. The first kappa shape index (κ1) is 22.7. The highest BCUT2D eigenvalue weighted by molar-refractivity contribution is 5.98. The summed E-state index contributed by atoms with van der Waals surface area (Å²) in [7, 11) is 0. The second-order valence-corrected chi connectivity index (χ2v) is 7.37. The second-order valence-electron chi connectivity index (χ2n) is 7.37. The largest absolute Gasteiger partial charge is 0.478 e. The summed E-state index contributed by atoms with van der Waals surface area (Å²) < 4.78 is 5.37. The standard InChI is InChI=1S/C27H24O5/c1-20(25(29)30)12-11-19-24(28)32-26(31)27(21-13-5-2-6-14-21,22-15-7-3-8-16-22)23-17-9-4-10-18-23/h2-10,13-18H,1,11-12,19H2,(H,29,30). The molecule has 0 aliphatic heterocycles. The van der Waals surface area contributed by atoms with Crippen molar-refractivity contribution >= 4 is 17.9 Å². The number of benzene rings is 3. The normalized spacial score (nSPS) is 10.9. The number of carbonyl (C=O) groups excluding carboxylic acids is 2. The molecule has 0 saturated heterocycles. The van der Waals surface area contributed by atoms with Gasteiger partial charge in [0.05, 0.1) is 0 Å². The van der Waals surface area contributed by atoms with E-state index < -0.39 is 23.3 Å². The van der Waals surface area contributed by atoms with E-state index >= 15 is 0 Å². The SMILES string of the molecule is C=C(CCCC(=O)OC(=O)C(c1ccccc1)(c1ccccc1)c1ccccc1)C(=O)O. The smallest absolute Gasteiger partial charge is 0.333 e. The summed E-state index contributed by atoms with van der Waals surface area (Å²) >= 11 is 0. The minimum absolute atomic E-state index is 0.0105. The minimum atomic E-state index is -1.34. The Labute approximate surface area is 187 Å². The molecule has 0 amide bonds. The number of carboxylic acid groups (broad SMARTS) is 1. The molecule has 1 N–H and O–H groups in total. The van der Waals surface area contributed by atoms with Crippen LogP contribution in [0.3, 0.4) is 0 Å². The monoisotopic (exact) mass is 428 g/mol. The lowest BCUT2D eigenvalue weighted by molar-refractivity contribution is -0.162. The summed E-state index contributed by atoms with van der Waals surface area (Å²) in [6, 6.07) is 27.6. The summed E-state index contributed by atoms with van der Waals surface area (Å²) in [4.78, 5) is 37.1. The lowest BCUT2D eigenvalue weighted by atomic mass is 9.69. The fraction of sp³-hybridized carbons (Fsp3) is 0.148. The van der Waals surface area contributed by atoms with Gasteiger partial charge in [0.2, 0.25) is 0 Å². The van der Waals surface area contributed by atoms with Gasteiger partial charge in [-0.2, -0.15) is 0 Å². The van der Waals surface area contributed by atoms with Gasteiger partial charge in [0.25, 0.3) is 0 Å². The summed E-state index contributed by atoms with van der Waals surface area (Å²) in [5, 5.41) is 8.91. The summed E-state index contributed by atoms with van der Waals surface area (Å²) in [5.41, 5.74) is 0.694. The Morgan fingerprint density at radius 1 is 0.719 bits per heavy atom. The van der Waals surface area contributed by atoms with Crippen LogP contribution in [0.5, 0.6) is 0 Å². The molecule has 0 aromatic heterocycles. The number of hydrogen-bond acceptors (Lipinski definition) is 4. The third kappa shape index (κ3) is 4.83. The van der Waals surface area contributed by atoms with Crippen molar-refractivity contribution in [1.29, 1.82) is 0 Å². The van der Waals surface area contributed by atoms with Crippen LogP contribution < -0.4 is 0 Å². The molecular formula is C27H24O5. The van der Waals surface area contributed by atoms with E-state index in [-0.39, 0.29) is 24.8 Å². The Balaban J connectivity index is 1.99. The third-order valence-electron chi connectivity index (χ3n) is 5.30. The molecule has 0 radical (unpaired) electrons. The van der Waals surface area contributed by atoms with Gasteiger partial charge < -0.3 is 9.84 Å². The van der Waals surface area contributed by atoms with E-state index in [4.69, 9.17) is 9.84 Å². The van der Waals surface area contributed by atoms with E-state index in [1.807, 2.05) is 91.0 Å². The maximum absolute atomic E-state index is 13.7. The van der Waals surface area contributed by atoms with Gasteiger partial charge in [-0.15, -0.1) is 0 Å². The molecule has 32 heavy (non-hydrogen) atoms. The number of rotatable bonds is 9. The van der Waals surface area contributed by atoms with Crippen molar-refractivity contribution in [1.82, 2.24) is 0 Å². The molecule has 0 heterocycles. The predicted octanol–water partition coefficient (Wildman–Crippen LogP) is 4.90. The molecule has 0 spiro atoms. The van der Waals surface area contributed by atoms with Gasteiger partial charge in [0.1, 0.15) is 5.41 Å². The van der Waals surface area contributed by atoms with Crippen LogP contribution in [-0.4, -0.2) is 23.0 Å². The van der Waals surface area contributed by atoms with E-state index in [1.165, 1.54) is 0 Å². The van der Waals surface area contributed by atoms with Crippen LogP contribution in [0.1, 0.15) is 36.0 Å². The molecule has 3 aromatic carbocycles. The zero-order valence-corrected chi connectivity index (χ0v) is 17.6. The summed E-state index contributed by atoms with van der Waals surface area (Å²) in [6.07, 6.45) is 0.276. The Bertz CT molecular complexity index is 992. The number of aliphatic carboxylic acids is 1. The maximum Gasteiger partial charge on any atom is 0.333 e. The zero-order chi connectivity index (χ0) is 23.0. The topological polar surface area (TPSA) is 80.7 Å². The average Bonchev–Trinajstić information content (AvgIpc) is 2.81. The van der Waals surface area contributed by atoms with Crippen LogP contribution in [-0.2, 0) is 24.5 Å². The van der Waals surface area contributed by atoms with Crippen molar-refractivity contribution in [2.24, 2.45) is 0 Å². The fourth-order valence-electron chi connectivity index (χ4n) is 3.70. The molecule has 0 fully saturated rings. The lowest BCUT2D eigenvalue weighted by Gasteiger charge is -2.33. The molecule has 3 aromatic rings. The lowest BCUT2D eigenvalue weighted by Crippen LogP contribution is -2.41. The van der Waals surface area contributed by atoms with Gasteiger partial charge in [-0.3, -0.25) is 4.79 Å². The van der Waals surface area contributed by atoms with Crippen molar-refractivity contribution in [3.05, 3.63) is 120 Å². The zero-order valence-electron chi connectivity index (χ0n) is 17.6. The van der Waals surface area contributed by atoms with E-state index in [2.05, 4.69) is 6.58 Å². The van der Waals surface area contributed by atoms with Gasteiger partial charge in [0, 0.05) is 12.0 Å². The predicted molar refractivity (Wildman–Crippen MR) is 121 cm³/mol. The molecule has 0 unspecified atom stereocenters. The molecule has 162 valence electrons. The van der Waals surface area contributed by atoms with Crippen LogP contribution in [0.2, 0.25) is 0 Å². The molecule has 0 atom stereocenters. The van der Waals surface area contributed by atoms with Crippen LogP contribution in [0, 0.1) is 0 Å². The molecule has 3 rings (SSSR count). The van der Waals surface area contributed by atoms with Crippen LogP contribution in [0.25, 0.3) is 0 Å². The van der Waals surface area contributed by atoms with Crippen molar-refractivity contribution < 1.29 is 24.2 Å². The van der Waals surface area contributed by atoms with Gasteiger partial charge in [0.15, 0.2) is 0 Å². The number of esters is 2. The van der Waals surface area contributed by atoms with E-state index in [1.54, 1.807) is 0 Å². The number of hydrogen-bond donors (Lipinski definition) is 1. The minimum Gasteiger partial charge on any atom is -0.478 e. The van der Waals surface area contributed by atoms with Gasteiger partial charge in [-0.1, -0.05) is 97.6 Å². The van der Waals surface area contributed by atoms with E-state index in [0.29, 0.717) is 16.7 Å². The van der Waals surface area contributed by atoms with Gasteiger partial charge in [-0.05, 0) is 29.5 Å². The quantitative estimate of drug-likeness (QED) is 0.227. The molecular weight excluding hydrogens is 404 g/mol. The Morgan fingerprint density at radius 3 is 1.50 bits per heavy atom. The first-order chi connectivity index (χ1) is 15.5. The highest BCUT2D eigenvalue weighted by atomic mass is 16.6. The third-order valence-corrected chi connectivity index (χ3v) is 5.30. The molecule has 0 aliphatic rings. The number of carbonyl (C=O) groups is 3. The van der Waals surface area contributed by atoms with Crippen molar-refractivity contribution in [2.75, 3.05) is 0 Å². The van der Waals surface area contributed by atoms with Gasteiger partial charge >= 0.3 is 17.9 Å². The Hall–Kier alpha value is -3.99.